The van der Waals surface area contributed by atoms with E-state index in [4.69, 9.17) is 14.2 Å². The van der Waals surface area contributed by atoms with E-state index in [9.17, 15) is 40.9 Å². The lowest BCUT2D eigenvalue weighted by Crippen LogP contribution is -2.63. The van der Waals surface area contributed by atoms with Gasteiger partial charge in [0.2, 0.25) is 0 Å². The maximum absolute atomic E-state index is 10.5. The predicted molar refractivity (Wildman–Crippen MR) is 107 cm³/mol. The van der Waals surface area contributed by atoms with Crippen molar-refractivity contribution in [3.8, 4) is 0 Å². The Morgan fingerprint density at radius 3 is 2.22 bits per heavy atom. The molecule has 4 aliphatic rings. The molecular weight excluding hydrogens is 428 g/mol. The standard InChI is InChI=1S/C21H36O11/c22-7-16-17(27)18(28)19(29)21(32-16)31-15-6-10-12(25)4-9(23)5-14(10)30-20(15)8-1-2-11(24)13(26)3-8/h8-29H,1-7H2/p+1. The molecule has 2 aliphatic carbocycles. The van der Waals surface area contributed by atoms with Crippen LogP contribution in [0.1, 0.15) is 38.5 Å². The molecule has 0 radical (unpaired) electrons. The van der Waals surface area contributed by atoms with Crippen molar-refractivity contribution in [3.63, 3.8) is 0 Å². The maximum atomic E-state index is 10.5. The maximum Gasteiger partial charge on any atom is 0.187 e. The highest BCUT2D eigenvalue weighted by Crippen LogP contribution is 2.42. The van der Waals surface area contributed by atoms with Crippen LogP contribution in [0.5, 0.6) is 0 Å². The summed E-state index contributed by atoms with van der Waals surface area (Å²) in [6, 6.07) is 0. The number of fused-ring (bicyclic) bond motifs is 1. The summed E-state index contributed by atoms with van der Waals surface area (Å²) in [7, 11) is 0. The van der Waals surface area contributed by atoms with E-state index in [1.54, 1.807) is 0 Å². The molecule has 14 atom stereocenters. The lowest BCUT2D eigenvalue weighted by atomic mass is 9.72. The lowest BCUT2D eigenvalue weighted by Gasteiger charge is -2.48. The monoisotopic (exact) mass is 465 g/mol. The van der Waals surface area contributed by atoms with Gasteiger partial charge in [0.05, 0.1) is 36.9 Å². The first-order chi connectivity index (χ1) is 15.2. The van der Waals surface area contributed by atoms with Crippen molar-refractivity contribution in [1.29, 1.82) is 0 Å². The van der Waals surface area contributed by atoms with Crippen LogP contribution in [-0.4, -0.2) is 126 Å². The van der Waals surface area contributed by atoms with Gasteiger partial charge in [-0.3, -0.25) is 0 Å². The van der Waals surface area contributed by atoms with Crippen LogP contribution in [0.4, 0.5) is 0 Å². The van der Waals surface area contributed by atoms with Gasteiger partial charge >= 0.3 is 0 Å². The van der Waals surface area contributed by atoms with Gasteiger partial charge in [-0.25, -0.2) is 0 Å². The second-order valence-corrected chi connectivity index (χ2v) is 9.88. The Hall–Kier alpha value is -0.440. The molecule has 9 N–H and O–H groups in total. The highest BCUT2D eigenvalue weighted by molar-refractivity contribution is 4.98. The fourth-order valence-corrected chi connectivity index (χ4v) is 5.86. The van der Waals surface area contributed by atoms with Gasteiger partial charge in [-0.1, -0.05) is 0 Å². The number of rotatable bonds is 4. The van der Waals surface area contributed by atoms with Gasteiger partial charge < -0.3 is 55.1 Å². The molecule has 0 aromatic carbocycles. The summed E-state index contributed by atoms with van der Waals surface area (Å²) < 4.78 is 16.5. The van der Waals surface area contributed by atoms with Crippen molar-refractivity contribution in [3.05, 3.63) is 0 Å². The molecule has 4 fully saturated rings. The Morgan fingerprint density at radius 2 is 1.53 bits per heavy atom. The average molecular weight is 466 g/mol. The topological polar surface area (TPSA) is 193 Å². The van der Waals surface area contributed by atoms with Crippen molar-refractivity contribution in [2.75, 3.05) is 6.61 Å². The van der Waals surface area contributed by atoms with Gasteiger partial charge in [0.1, 0.15) is 30.5 Å². The van der Waals surface area contributed by atoms with Crippen LogP contribution in [-0.2, 0) is 9.47 Å². The number of ether oxygens (including phenoxy) is 3. The minimum absolute atomic E-state index is 0.125. The fraction of sp³-hybridized carbons (Fsp3) is 1.00. The van der Waals surface area contributed by atoms with Crippen LogP contribution in [0.2, 0.25) is 0 Å². The number of hydrogen-bond donors (Lipinski definition) is 8. The quantitative estimate of drug-likeness (QED) is 0.193. The molecular formula is C21H37O11+. The van der Waals surface area contributed by atoms with Crippen LogP contribution in [0.3, 0.4) is 0 Å². The Balaban J connectivity index is 1.54. The van der Waals surface area contributed by atoms with E-state index in [1.807, 2.05) is 0 Å². The smallest absolute Gasteiger partial charge is 0.187 e. The van der Waals surface area contributed by atoms with Crippen molar-refractivity contribution < 1.29 is 55.1 Å². The van der Waals surface area contributed by atoms with Crippen LogP contribution in [0.25, 0.3) is 0 Å². The molecule has 4 rings (SSSR count). The van der Waals surface area contributed by atoms with Crippen molar-refractivity contribution in [2.24, 2.45) is 11.8 Å². The summed E-state index contributed by atoms with van der Waals surface area (Å²) >= 11 is 0. The fourth-order valence-electron chi connectivity index (χ4n) is 5.86. The van der Waals surface area contributed by atoms with Crippen LogP contribution in [0, 0.1) is 11.8 Å². The molecule has 14 unspecified atom stereocenters. The Morgan fingerprint density at radius 1 is 0.781 bits per heavy atom. The van der Waals surface area contributed by atoms with Crippen molar-refractivity contribution in [2.45, 2.75) is 112 Å². The molecule has 2 saturated carbocycles. The van der Waals surface area contributed by atoms with E-state index < -0.39 is 73.9 Å². The number of hydrogen-bond acceptors (Lipinski definition) is 10. The third kappa shape index (κ3) is 4.84. The summed E-state index contributed by atoms with van der Waals surface area (Å²) in [5, 5.41) is 80.8. The predicted octanol–water partition coefficient (Wildman–Crippen LogP) is -3.51. The normalized spacial score (nSPS) is 54.8. The minimum atomic E-state index is -1.57. The third-order valence-electron chi connectivity index (χ3n) is 7.73. The van der Waals surface area contributed by atoms with Gasteiger partial charge in [0.15, 0.2) is 18.5 Å². The highest BCUT2D eigenvalue weighted by atomic mass is 16.7. The second kappa shape index (κ2) is 10.0. The van der Waals surface area contributed by atoms with E-state index in [2.05, 4.69) is 0 Å². The molecule has 11 heteroatoms. The van der Waals surface area contributed by atoms with E-state index in [-0.39, 0.29) is 24.4 Å². The molecule has 0 amide bonds. The molecule has 2 heterocycles. The Kier molecular flexibility index (Phi) is 7.75. The first-order valence-corrected chi connectivity index (χ1v) is 11.6. The molecule has 2 aliphatic heterocycles. The molecule has 32 heavy (non-hydrogen) atoms. The van der Waals surface area contributed by atoms with Gasteiger partial charge in [0.25, 0.3) is 0 Å². The summed E-state index contributed by atoms with van der Waals surface area (Å²) in [6.07, 6.45) is -9.17. The van der Waals surface area contributed by atoms with E-state index in [1.165, 1.54) is 0 Å². The summed E-state index contributed by atoms with van der Waals surface area (Å²) in [5.74, 6) is -0.385. The van der Waals surface area contributed by atoms with Crippen LogP contribution < -0.4 is 0 Å². The zero-order valence-electron chi connectivity index (χ0n) is 17.9. The number of aliphatic hydroxyl groups is 10. The van der Waals surface area contributed by atoms with Crippen LogP contribution >= 0.6 is 0 Å². The molecule has 0 aromatic heterocycles. The second-order valence-electron chi connectivity index (χ2n) is 9.88. The van der Waals surface area contributed by atoms with Crippen molar-refractivity contribution >= 4 is 0 Å². The first-order valence-electron chi connectivity index (χ1n) is 11.6. The van der Waals surface area contributed by atoms with E-state index in [0.29, 0.717) is 32.1 Å². The zero-order chi connectivity index (χ0) is 23.2. The van der Waals surface area contributed by atoms with Gasteiger partial charge in [-0.2, -0.15) is 0 Å². The van der Waals surface area contributed by atoms with Gasteiger partial charge in [-0.05, 0) is 25.7 Å². The summed E-state index contributed by atoms with van der Waals surface area (Å²) in [6.45, 7) is -0.572. The lowest BCUT2D eigenvalue weighted by molar-refractivity contribution is -0.356. The third-order valence-corrected chi connectivity index (χ3v) is 7.73. The average Bonchev–Trinajstić information content (AvgIpc) is 2.76. The molecule has 2 saturated heterocycles. The molecule has 11 nitrogen and oxygen atoms in total. The molecule has 186 valence electrons. The Labute approximate surface area is 186 Å². The highest BCUT2D eigenvalue weighted by Gasteiger charge is 2.54. The summed E-state index contributed by atoms with van der Waals surface area (Å²) in [5.41, 5.74) is 0. The Bertz CT molecular complexity index is 621. The molecule has 0 spiro atoms. The van der Waals surface area contributed by atoms with Gasteiger partial charge in [0, 0.05) is 18.8 Å². The van der Waals surface area contributed by atoms with E-state index >= 15 is 0 Å². The van der Waals surface area contributed by atoms with Gasteiger partial charge in [-0.15, -0.1) is 0 Å². The largest absolute Gasteiger partial charge is 0.427 e. The van der Waals surface area contributed by atoms with Crippen molar-refractivity contribution in [1.82, 2.24) is 0 Å². The van der Waals surface area contributed by atoms with E-state index in [0.717, 1.165) is 0 Å². The van der Waals surface area contributed by atoms with Crippen LogP contribution in [0.15, 0.2) is 0 Å². The summed E-state index contributed by atoms with van der Waals surface area (Å²) in [4.78, 5) is 0. The molecule has 0 aromatic rings. The SMILES string of the molecule is OCC1OC(OC2CC3C(O)CC(O)CC3[OH+]C2C2CCC(O)C(O)C2)C(O)C(O)C1O. The zero-order valence-corrected chi connectivity index (χ0v) is 17.9. The number of aliphatic hydroxyl groups excluding tert-OH is 8. The molecule has 0 bridgehead atoms. The first kappa shape index (κ1) is 24.7. The minimum Gasteiger partial charge on any atom is -0.427 e.